The number of amides is 1. The molecule has 1 aliphatic rings. The van der Waals surface area contributed by atoms with Crippen molar-refractivity contribution in [2.24, 2.45) is 0 Å². The van der Waals surface area contributed by atoms with Crippen LogP contribution in [0.2, 0.25) is 0 Å². The number of ether oxygens (including phenoxy) is 1. The van der Waals surface area contributed by atoms with Crippen molar-refractivity contribution >= 4 is 16.7 Å². The van der Waals surface area contributed by atoms with Crippen LogP contribution in [0.25, 0.3) is 10.8 Å². The SMILES string of the molecule is COc1ccc(CN[C@H]2C[C@@H](C(=O)NCCc3ccccc3F)N(Cc3ccccc3)C2)c2ccccc12. The Balaban J connectivity index is 1.26. The molecule has 4 aromatic rings. The van der Waals surface area contributed by atoms with E-state index in [1.807, 2.05) is 42.5 Å². The van der Waals surface area contributed by atoms with Gasteiger partial charge in [0.15, 0.2) is 0 Å². The molecule has 2 N–H and O–H groups in total. The van der Waals surface area contributed by atoms with E-state index in [1.54, 1.807) is 19.2 Å². The fourth-order valence-corrected chi connectivity index (χ4v) is 5.38. The van der Waals surface area contributed by atoms with Crippen LogP contribution in [0.1, 0.15) is 23.1 Å². The number of hydrogen-bond donors (Lipinski definition) is 2. The van der Waals surface area contributed by atoms with Crippen molar-refractivity contribution in [1.29, 1.82) is 0 Å². The zero-order chi connectivity index (χ0) is 26.3. The van der Waals surface area contributed by atoms with Crippen LogP contribution in [-0.2, 0) is 24.3 Å². The molecule has 0 bridgehead atoms. The number of rotatable bonds is 10. The third kappa shape index (κ3) is 6.04. The first-order chi connectivity index (χ1) is 18.6. The van der Waals surface area contributed by atoms with Crippen molar-refractivity contribution in [2.45, 2.75) is 38.0 Å². The summed E-state index contributed by atoms with van der Waals surface area (Å²) in [5, 5.41) is 9.03. The highest BCUT2D eigenvalue weighted by Crippen LogP contribution is 2.29. The van der Waals surface area contributed by atoms with Gasteiger partial charge in [0.1, 0.15) is 11.6 Å². The van der Waals surface area contributed by atoms with E-state index in [9.17, 15) is 9.18 Å². The van der Waals surface area contributed by atoms with Gasteiger partial charge in [0.05, 0.1) is 13.2 Å². The molecular weight excluding hydrogens is 477 g/mol. The zero-order valence-corrected chi connectivity index (χ0v) is 21.7. The molecule has 38 heavy (non-hydrogen) atoms. The lowest BCUT2D eigenvalue weighted by Crippen LogP contribution is -2.43. The predicted octanol–water partition coefficient (Wildman–Crippen LogP) is 5.08. The van der Waals surface area contributed by atoms with Crippen molar-refractivity contribution < 1.29 is 13.9 Å². The second-order valence-corrected chi connectivity index (χ2v) is 9.85. The van der Waals surface area contributed by atoms with Gasteiger partial charge in [-0.05, 0) is 47.1 Å². The highest BCUT2D eigenvalue weighted by molar-refractivity contribution is 5.91. The van der Waals surface area contributed by atoms with E-state index >= 15 is 0 Å². The van der Waals surface area contributed by atoms with Crippen molar-refractivity contribution in [3.8, 4) is 5.75 Å². The van der Waals surface area contributed by atoms with Gasteiger partial charge in [0.25, 0.3) is 0 Å². The zero-order valence-electron chi connectivity index (χ0n) is 21.7. The van der Waals surface area contributed by atoms with Gasteiger partial charge < -0.3 is 15.4 Å². The minimum absolute atomic E-state index is 0.00327. The summed E-state index contributed by atoms with van der Waals surface area (Å²) in [6.45, 7) is 2.59. The Morgan fingerprint density at radius 3 is 2.45 bits per heavy atom. The number of nitrogens with zero attached hydrogens (tertiary/aromatic N) is 1. The number of fused-ring (bicyclic) bond motifs is 1. The largest absolute Gasteiger partial charge is 0.496 e. The van der Waals surface area contributed by atoms with Crippen LogP contribution < -0.4 is 15.4 Å². The minimum Gasteiger partial charge on any atom is -0.496 e. The summed E-state index contributed by atoms with van der Waals surface area (Å²) in [4.78, 5) is 15.5. The molecule has 5 nitrogen and oxygen atoms in total. The van der Waals surface area contributed by atoms with Gasteiger partial charge >= 0.3 is 0 Å². The van der Waals surface area contributed by atoms with Crippen LogP contribution in [0.5, 0.6) is 5.75 Å². The molecule has 0 unspecified atom stereocenters. The van der Waals surface area contributed by atoms with Gasteiger partial charge in [-0.1, -0.05) is 78.9 Å². The van der Waals surface area contributed by atoms with E-state index in [2.05, 4.69) is 45.9 Å². The molecular formula is C32H34FN3O2. The molecule has 2 atom stereocenters. The van der Waals surface area contributed by atoms with E-state index in [4.69, 9.17) is 4.74 Å². The molecule has 0 aliphatic carbocycles. The Labute approximate surface area is 223 Å². The van der Waals surface area contributed by atoms with Crippen LogP contribution in [0.15, 0.2) is 91.0 Å². The van der Waals surface area contributed by atoms with Crippen molar-refractivity contribution in [3.63, 3.8) is 0 Å². The predicted molar refractivity (Wildman–Crippen MR) is 149 cm³/mol. The molecule has 6 heteroatoms. The Bertz CT molecular complexity index is 1380. The number of methoxy groups -OCH3 is 1. The summed E-state index contributed by atoms with van der Waals surface area (Å²) < 4.78 is 19.5. The smallest absolute Gasteiger partial charge is 0.237 e. The Morgan fingerprint density at radius 2 is 1.66 bits per heavy atom. The van der Waals surface area contributed by atoms with Gasteiger partial charge in [0, 0.05) is 37.6 Å². The molecule has 1 saturated heterocycles. The summed E-state index contributed by atoms with van der Waals surface area (Å²) in [5.41, 5.74) is 3.00. The Kier molecular flexibility index (Phi) is 8.31. The molecule has 4 aromatic carbocycles. The van der Waals surface area contributed by atoms with Crippen LogP contribution in [0.3, 0.4) is 0 Å². The first-order valence-corrected chi connectivity index (χ1v) is 13.2. The topological polar surface area (TPSA) is 53.6 Å². The standard InChI is InChI=1S/C32H34FN3O2/c1-38-31-16-15-25(27-12-6-7-13-28(27)31)20-35-26-19-30(36(22-26)21-23-9-3-2-4-10-23)32(37)34-18-17-24-11-5-8-14-29(24)33/h2-16,26,30,35H,17-22H2,1H3,(H,34,37)/t26-,30-/m0/s1. The molecule has 196 valence electrons. The lowest BCUT2D eigenvalue weighted by Gasteiger charge is -2.23. The van der Waals surface area contributed by atoms with Crippen LogP contribution in [0, 0.1) is 5.82 Å². The van der Waals surface area contributed by atoms with Gasteiger partial charge in [0.2, 0.25) is 5.91 Å². The maximum absolute atomic E-state index is 14.0. The molecule has 1 amide bonds. The lowest BCUT2D eigenvalue weighted by molar-refractivity contribution is -0.125. The molecule has 0 saturated carbocycles. The monoisotopic (exact) mass is 511 g/mol. The van der Waals surface area contributed by atoms with Gasteiger partial charge in [-0.15, -0.1) is 0 Å². The summed E-state index contributed by atoms with van der Waals surface area (Å²) in [7, 11) is 1.70. The van der Waals surface area contributed by atoms with E-state index in [0.29, 0.717) is 38.0 Å². The maximum atomic E-state index is 14.0. The quantitative estimate of drug-likeness (QED) is 0.312. The first kappa shape index (κ1) is 25.9. The Hall–Kier alpha value is -3.74. The van der Waals surface area contributed by atoms with E-state index in [0.717, 1.165) is 17.7 Å². The molecule has 1 heterocycles. The lowest BCUT2D eigenvalue weighted by atomic mass is 10.0. The molecule has 0 spiro atoms. The number of likely N-dealkylation sites (tertiary alicyclic amines) is 1. The molecule has 5 rings (SSSR count). The number of carbonyl (C=O) groups excluding carboxylic acids is 1. The average Bonchev–Trinajstić information content (AvgIpc) is 3.35. The minimum atomic E-state index is -0.249. The number of nitrogens with one attached hydrogen (secondary N) is 2. The number of benzene rings is 4. The summed E-state index contributed by atoms with van der Waals surface area (Å²) in [6, 6.07) is 29.3. The molecule has 0 radical (unpaired) electrons. The van der Waals surface area contributed by atoms with Crippen molar-refractivity contribution in [3.05, 3.63) is 114 Å². The Morgan fingerprint density at radius 1 is 0.921 bits per heavy atom. The number of carbonyl (C=O) groups is 1. The van der Waals surface area contributed by atoms with Crippen LogP contribution >= 0.6 is 0 Å². The third-order valence-electron chi connectivity index (χ3n) is 7.36. The highest BCUT2D eigenvalue weighted by atomic mass is 19.1. The third-order valence-corrected chi connectivity index (χ3v) is 7.36. The van der Waals surface area contributed by atoms with E-state index in [-0.39, 0.29) is 23.8 Å². The number of hydrogen-bond acceptors (Lipinski definition) is 4. The van der Waals surface area contributed by atoms with Crippen molar-refractivity contribution in [2.75, 3.05) is 20.2 Å². The normalized spacial score (nSPS) is 17.5. The fraction of sp³-hybridized carbons (Fsp3) is 0.281. The first-order valence-electron chi connectivity index (χ1n) is 13.2. The van der Waals surface area contributed by atoms with Gasteiger partial charge in [-0.2, -0.15) is 0 Å². The van der Waals surface area contributed by atoms with Crippen LogP contribution in [0.4, 0.5) is 4.39 Å². The van der Waals surface area contributed by atoms with E-state index in [1.165, 1.54) is 22.6 Å². The molecule has 1 aliphatic heterocycles. The molecule has 0 aromatic heterocycles. The number of halogens is 1. The van der Waals surface area contributed by atoms with Gasteiger partial charge in [-0.25, -0.2) is 4.39 Å². The second kappa shape index (κ2) is 12.2. The second-order valence-electron chi connectivity index (χ2n) is 9.85. The van der Waals surface area contributed by atoms with Gasteiger partial charge in [-0.3, -0.25) is 9.69 Å². The fourth-order valence-electron chi connectivity index (χ4n) is 5.38. The van der Waals surface area contributed by atoms with Crippen molar-refractivity contribution in [1.82, 2.24) is 15.5 Å². The summed E-state index contributed by atoms with van der Waals surface area (Å²) in [5.74, 6) is 0.631. The van der Waals surface area contributed by atoms with E-state index < -0.39 is 0 Å². The highest BCUT2D eigenvalue weighted by Gasteiger charge is 2.36. The summed E-state index contributed by atoms with van der Waals surface area (Å²) >= 11 is 0. The molecule has 1 fully saturated rings. The maximum Gasteiger partial charge on any atom is 0.237 e. The average molecular weight is 512 g/mol. The van der Waals surface area contributed by atoms with Crippen LogP contribution in [-0.4, -0.2) is 43.1 Å². The summed E-state index contributed by atoms with van der Waals surface area (Å²) in [6.07, 6.45) is 1.18.